The Labute approximate surface area is 164 Å². The van der Waals surface area contributed by atoms with Gasteiger partial charge in [0.1, 0.15) is 11.6 Å². The van der Waals surface area contributed by atoms with Gasteiger partial charge in [-0.05, 0) is 31.9 Å². The number of rotatable bonds is 5. The molecule has 5 nitrogen and oxygen atoms in total. The van der Waals surface area contributed by atoms with Crippen molar-refractivity contribution in [3.8, 4) is 17.1 Å². The smallest absolute Gasteiger partial charge is 0.416 e. The molecule has 0 amide bonds. The van der Waals surface area contributed by atoms with Crippen LogP contribution in [0.1, 0.15) is 48.7 Å². The van der Waals surface area contributed by atoms with E-state index in [9.17, 15) is 17.6 Å². The topological polar surface area (TPSA) is 52.8 Å². The number of hydrogen-bond acceptors (Lipinski definition) is 4. The number of nitrogens with zero attached hydrogens (tertiary/aromatic N) is 4. The lowest BCUT2D eigenvalue weighted by Gasteiger charge is -2.15. The van der Waals surface area contributed by atoms with Crippen molar-refractivity contribution in [1.82, 2.24) is 19.7 Å². The number of aromatic nitrogens is 4. The van der Waals surface area contributed by atoms with Crippen molar-refractivity contribution in [2.45, 2.75) is 37.9 Å². The second-order valence-corrected chi connectivity index (χ2v) is 7.05. The highest BCUT2D eigenvalue weighted by Crippen LogP contribution is 2.39. The zero-order chi connectivity index (χ0) is 20.8. The first-order chi connectivity index (χ1) is 13.8. The number of halogens is 4. The molecule has 1 aliphatic carbocycles. The molecule has 9 heteroatoms. The van der Waals surface area contributed by atoms with Crippen LogP contribution < -0.4 is 4.74 Å². The molecule has 29 heavy (non-hydrogen) atoms. The zero-order valence-corrected chi connectivity index (χ0v) is 15.7. The number of hydrogen-bond donors (Lipinski definition) is 0. The Hall–Kier alpha value is -2.97. The Kier molecular flexibility index (Phi) is 4.76. The molecule has 0 spiro atoms. The van der Waals surface area contributed by atoms with E-state index in [-0.39, 0.29) is 5.56 Å². The van der Waals surface area contributed by atoms with Gasteiger partial charge in [-0.1, -0.05) is 6.07 Å². The summed E-state index contributed by atoms with van der Waals surface area (Å²) >= 11 is 0. The number of ether oxygens (including phenoxy) is 1. The van der Waals surface area contributed by atoms with Gasteiger partial charge >= 0.3 is 6.18 Å². The summed E-state index contributed by atoms with van der Waals surface area (Å²) < 4.78 is 59.4. The van der Waals surface area contributed by atoms with Crippen molar-refractivity contribution in [1.29, 1.82) is 0 Å². The Balaban J connectivity index is 1.63. The minimum Gasteiger partial charge on any atom is -0.481 e. The molecule has 1 saturated carbocycles. The molecule has 1 fully saturated rings. The van der Waals surface area contributed by atoms with E-state index >= 15 is 0 Å². The summed E-state index contributed by atoms with van der Waals surface area (Å²) in [6.07, 6.45) is 0.746. The van der Waals surface area contributed by atoms with Crippen LogP contribution in [0.2, 0.25) is 0 Å². The molecule has 3 aromatic rings. The third-order valence-electron chi connectivity index (χ3n) is 4.94. The fraction of sp³-hybridized carbons (Fsp3) is 0.350. The van der Waals surface area contributed by atoms with Crippen LogP contribution in [0, 0.1) is 5.82 Å². The van der Waals surface area contributed by atoms with Crippen LogP contribution >= 0.6 is 0 Å². The summed E-state index contributed by atoms with van der Waals surface area (Å²) in [7, 11) is 1.53. The van der Waals surface area contributed by atoms with Crippen LogP contribution in [0.5, 0.6) is 5.88 Å². The lowest BCUT2D eigenvalue weighted by molar-refractivity contribution is -0.137. The maximum absolute atomic E-state index is 14.3. The second-order valence-electron chi connectivity index (χ2n) is 7.05. The van der Waals surface area contributed by atoms with E-state index in [1.807, 2.05) is 0 Å². The van der Waals surface area contributed by atoms with E-state index < -0.39 is 23.6 Å². The normalized spacial score (nSPS) is 15.4. The van der Waals surface area contributed by atoms with Crippen LogP contribution in [0.25, 0.3) is 11.3 Å². The Morgan fingerprint density at radius 1 is 1.17 bits per heavy atom. The van der Waals surface area contributed by atoms with Crippen molar-refractivity contribution in [3.05, 3.63) is 59.4 Å². The Bertz CT molecular complexity index is 1040. The van der Waals surface area contributed by atoms with Gasteiger partial charge in [-0.2, -0.15) is 23.3 Å². The van der Waals surface area contributed by atoms with Crippen molar-refractivity contribution in [3.63, 3.8) is 0 Å². The zero-order valence-electron chi connectivity index (χ0n) is 15.7. The Morgan fingerprint density at radius 2 is 1.93 bits per heavy atom. The van der Waals surface area contributed by atoms with E-state index in [1.54, 1.807) is 25.4 Å². The largest absolute Gasteiger partial charge is 0.481 e. The van der Waals surface area contributed by atoms with Crippen LogP contribution in [0.3, 0.4) is 0 Å². The molecule has 1 aliphatic rings. The molecule has 4 rings (SSSR count). The average molecular weight is 406 g/mol. The highest BCUT2D eigenvalue weighted by Gasteiger charge is 2.32. The molecule has 2 heterocycles. The molecule has 0 bridgehead atoms. The predicted octanol–water partition coefficient (Wildman–Crippen LogP) is 4.99. The SMILES string of the molecule is COc1cc(-c2cnn(C(C)c3ccc(C(F)(F)F)cc3F)c2)nc(C2CC2)n1. The first-order valence-electron chi connectivity index (χ1n) is 9.10. The molecule has 1 unspecified atom stereocenters. The van der Waals surface area contributed by atoms with E-state index in [0.29, 0.717) is 34.9 Å². The number of methoxy groups -OCH3 is 1. The van der Waals surface area contributed by atoms with Gasteiger partial charge in [0.25, 0.3) is 0 Å². The summed E-state index contributed by atoms with van der Waals surface area (Å²) in [5, 5.41) is 4.25. The number of alkyl halides is 3. The average Bonchev–Trinajstić information content (AvgIpc) is 3.43. The Morgan fingerprint density at radius 3 is 2.55 bits per heavy atom. The molecule has 0 aliphatic heterocycles. The maximum atomic E-state index is 14.3. The van der Waals surface area contributed by atoms with E-state index in [2.05, 4.69) is 15.1 Å². The minimum atomic E-state index is -4.59. The highest BCUT2D eigenvalue weighted by atomic mass is 19.4. The molecule has 0 N–H and O–H groups in total. The van der Waals surface area contributed by atoms with E-state index in [0.717, 1.165) is 25.0 Å². The van der Waals surface area contributed by atoms with Gasteiger partial charge in [0, 0.05) is 29.3 Å². The fourth-order valence-corrected chi connectivity index (χ4v) is 3.09. The summed E-state index contributed by atoms with van der Waals surface area (Å²) in [6.45, 7) is 1.67. The monoisotopic (exact) mass is 406 g/mol. The number of benzene rings is 1. The van der Waals surface area contributed by atoms with E-state index in [4.69, 9.17) is 4.74 Å². The molecule has 0 radical (unpaired) electrons. The molecule has 1 atom stereocenters. The quantitative estimate of drug-likeness (QED) is 0.560. The molecule has 0 saturated heterocycles. The second kappa shape index (κ2) is 7.13. The van der Waals surface area contributed by atoms with Gasteiger partial charge in [-0.15, -0.1) is 0 Å². The third kappa shape index (κ3) is 3.94. The van der Waals surface area contributed by atoms with Crippen molar-refractivity contribution in [2.24, 2.45) is 0 Å². The van der Waals surface area contributed by atoms with Gasteiger partial charge in [0.2, 0.25) is 5.88 Å². The minimum absolute atomic E-state index is 0.117. The standard InChI is InChI=1S/C20H18F4N4O/c1-11(15-6-5-14(7-16(15)21)20(22,23)24)28-10-13(9-25-28)17-8-18(29-2)27-19(26-17)12-3-4-12/h5-12H,3-4H2,1-2H3. The van der Waals surface area contributed by atoms with E-state index in [1.165, 1.54) is 11.8 Å². The van der Waals surface area contributed by atoms with Gasteiger partial charge < -0.3 is 4.74 Å². The lowest BCUT2D eigenvalue weighted by atomic mass is 10.0. The highest BCUT2D eigenvalue weighted by molar-refractivity contribution is 5.58. The molecule has 2 aromatic heterocycles. The van der Waals surface area contributed by atoms with Gasteiger partial charge in [-0.3, -0.25) is 4.68 Å². The van der Waals surface area contributed by atoms with Gasteiger partial charge in [-0.25, -0.2) is 9.37 Å². The predicted molar refractivity (Wildman–Crippen MR) is 97.0 cm³/mol. The summed E-state index contributed by atoms with van der Waals surface area (Å²) in [5.74, 6) is 0.573. The van der Waals surface area contributed by atoms with Crippen molar-refractivity contribution in [2.75, 3.05) is 7.11 Å². The summed E-state index contributed by atoms with van der Waals surface area (Å²) in [4.78, 5) is 8.94. The van der Waals surface area contributed by atoms with Crippen molar-refractivity contribution >= 4 is 0 Å². The van der Waals surface area contributed by atoms with Gasteiger partial charge in [0.15, 0.2) is 0 Å². The molecule has 152 valence electrons. The van der Waals surface area contributed by atoms with Gasteiger partial charge in [0.05, 0.1) is 30.6 Å². The van der Waals surface area contributed by atoms with Crippen molar-refractivity contribution < 1.29 is 22.3 Å². The van der Waals surface area contributed by atoms with Crippen LogP contribution in [0.4, 0.5) is 17.6 Å². The van der Waals surface area contributed by atoms with Crippen LogP contribution in [0.15, 0.2) is 36.7 Å². The summed E-state index contributed by atoms with van der Waals surface area (Å²) in [5.41, 5.74) is 0.413. The first-order valence-corrected chi connectivity index (χ1v) is 9.10. The summed E-state index contributed by atoms with van der Waals surface area (Å²) in [6, 6.07) is 3.61. The fourth-order valence-electron chi connectivity index (χ4n) is 3.09. The molecule has 1 aromatic carbocycles. The van der Waals surface area contributed by atoms with Crippen LogP contribution in [-0.4, -0.2) is 26.9 Å². The molecular formula is C20H18F4N4O. The third-order valence-corrected chi connectivity index (χ3v) is 4.94. The first kappa shape index (κ1) is 19.4. The lowest BCUT2D eigenvalue weighted by Crippen LogP contribution is -2.11. The molecular weight excluding hydrogens is 388 g/mol. The maximum Gasteiger partial charge on any atom is 0.416 e. The van der Waals surface area contributed by atoms with Crippen LogP contribution in [-0.2, 0) is 6.18 Å².